The molecule has 1 fully saturated rings. The van der Waals surface area contributed by atoms with Crippen LogP contribution in [0.2, 0.25) is 0 Å². The third-order valence-corrected chi connectivity index (χ3v) is 7.40. The number of aryl methyl sites for hydroxylation is 1. The highest BCUT2D eigenvalue weighted by molar-refractivity contribution is 6.20. The first kappa shape index (κ1) is 25.7. The summed E-state index contributed by atoms with van der Waals surface area (Å²) >= 11 is 0. The molecule has 4 aromatic rings. The van der Waals surface area contributed by atoms with Crippen LogP contribution in [-0.4, -0.2) is 55.0 Å². The van der Waals surface area contributed by atoms with E-state index in [-0.39, 0.29) is 24.5 Å². The summed E-state index contributed by atoms with van der Waals surface area (Å²) in [5.41, 5.74) is 9.22. The quantitative estimate of drug-likeness (QED) is 0.226. The van der Waals surface area contributed by atoms with Crippen LogP contribution in [0.3, 0.4) is 0 Å². The number of carbonyl (C=O) groups is 3. The first-order valence-corrected chi connectivity index (χ1v) is 13.6. The van der Waals surface area contributed by atoms with Gasteiger partial charge in [0, 0.05) is 25.3 Å². The Labute approximate surface area is 229 Å². The minimum absolute atomic E-state index is 0.163. The van der Waals surface area contributed by atoms with E-state index in [4.69, 9.17) is 10.6 Å². The zero-order valence-electron chi connectivity index (χ0n) is 21.9. The molecule has 1 aliphatic heterocycles. The monoisotopic (exact) mass is 542 g/mol. The van der Waals surface area contributed by atoms with E-state index in [1.165, 1.54) is 6.42 Å². The molecule has 0 saturated heterocycles. The lowest BCUT2D eigenvalue weighted by Crippen LogP contribution is -2.43. The number of hydrogen-bond donors (Lipinski definition) is 3. The van der Waals surface area contributed by atoms with Crippen LogP contribution in [0.15, 0.2) is 42.6 Å². The van der Waals surface area contributed by atoms with Crippen molar-refractivity contribution in [1.29, 1.82) is 0 Å². The molecule has 12 nitrogen and oxygen atoms in total. The number of hydroxylamine groups is 2. The van der Waals surface area contributed by atoms with Crippen LogP contribution < -0.4 is 16.4 Å². The predicted octanol–water partition coefficient (Wildman–Crippen LogP) is 3.31. The van der Waals surface area contributed by atoms with Gasteiger partial charge in [-0.05, 0) is 43.5 Å². The van der Waals surface area contributed by atoms with Gasteiger partial charge in [0.15, 0.2) is 5.82 Å². The Hall–Kier alpha value is -4.58. The number of urea groups is 1. The summed E-state index contributed by atoms with van der Waals surface area (Å²) in [5, 5.41) is 6.77. The van der Waals surface area contributed by atoms with E-state index in [2.05, 4.69) is 25.6 Å². The van der Waals surface area contributed by atoms with Gasteiger partial charge in [0.2, 0.25) is 0 Å². The molecule has 4 heterocycles. The number of nitrogens with two attached hydrogens (primary N) is 1. The van der Waals surface area contributed by atoms with Crippen molar-refractivity contribution in [3.05, 3.63) is 59.5 Å². The van der Waals surface area contributed by atoms with Gasteiger partial charge in [0.05, 0.1) is 16.6 Å². The molecule has 206 valence electrons. The maximum Gasteiger partial charge on any atom is 0.315 e. The molecule has 40 heavy (non-hydrogen) atoms. The van der Waals surface area contributed by atoms with Crippen LogP contribution in [0.5, 0.6) is 0 Å². The third kappa shape index (κ3) is 4.81. The molecule has 0 radical (unpaired) electrons. The smallest absolute Gasteiger partial charge is 0.315 e. The molecular weight excluding hydrogens is 512 g/mol. The molecule has 12 heteroatoms. The van der Waals surface area contributed by atoms with Crippen molar-refractivity contribution in [3.8, 4) is 0 Å². The van der Waals surface area contributed by atoms with Crippen molar-refractivity contribution in [2.45, 2.75) is 57.7 Å². The number of nitrogens with one attached hydrogen (secondary N) is 2. The Morgan fingerprint density at radius 3 is 2.50 bits per heavy atom. The molecule has 1 aliphatic carbocycles. The van der Waals surface area contributed by atoms with Crippen molar-refractivity contribution in [2.24, 2.45) is 0 Å². The third-order valence-electron chi connectivity index (χ3n) is 7.40. The number of pyridine rings is 2. The van der Waals surface area contributed by atoms with E-state index >= 15 is 0 Å². The van der Waals surface area contributed by atoms with Gasteiger partial charge >= 0.3 is 6.03 Å². The van der Waals surface area contributed by atoms with E-state index in [0.29, 0.717) is 58.5 Å². The molecule has 0 spiro atoms. The van der Waals surface area contributed by atoms with E-state index < -0.39 is 11.8 Å². The number of nitrogens with zero attached hydrogens (tertiary/aromatic N) is 5. The summed E-state index contributed by atoms with van der Waals surface area (Å²) in [4.78, 5) is 57.4. The number of nitrogen functional groups attached to an aromatic ring is 1. The molecule has 4 amide bonds. The number of amides is 4. The van der Waals surface area contributed by atoms with Gasteiger partial charge in [0.1, 0.15) is 29.0 Å². The zero-order valence-corrected chi connectivity index (χ0v) is 21.9. The van der Waals surface area contributed by atoms with E-state index in [0.717, 1.165) is 30.7 Å². The van der Waals surface area contributed by atoms with Crippen LogP contribution in [0.4, 0.5) is 10.6 Å². The van der Waals surface area contributed by atoms with Gasteiger partial charge in [-0.3, -0.25) is 19.4 Å². The summed E-state index contributed by atoms with van der Waals surface area (Å²) in [6.07, 6.45) is 7.79. The first-order valence-electron chi connectivity index (χ1n) is 13.6. The van der Waals surface area contributed by atoms with Crippen LogP contribution in [-0.2, 0) is 18.0 Å². The normalized spacial score (nSPS) is 15.7. The van der Waals surface area contributed by atoms with Crippen molar-refractivity contribution in [3.63, 3.8) is 0 Å². The average Bonchev–Trinajstić information content (AvgIpc) is 3.45. The number of carbonyl (C=O) groups excluding carboxylic acids is 3. The van der Waals surface area contributed by atoms with Gasteiger partial charge in [-0.1, -0.05) is 31.4 Å². The number of aromatic nitrogens is 4. The number of anilines is 1. The molecule has 0 bridgehead atoms. The summed E-state index contributed by atoms with van der Waals surface area (Å²) < 4.78 is 1.90. The lowest BCUT2D eigenvalue weighted by Gasteiger charge is -2.22. The summed E-state index contributed by atoms with van der Waals surface area (Å²) in [5.74, 6) is -0.361. The standard InChI is InChI=1S/C28H30N8O4/c29-25-23-24(22-20(33-25)12-6-13-30-22)35(15-7-14-31-28(39)32-17-8-2-1-3-9-17)21(34-23)16-40-36-26(37)18-10-4-5-11-19(18)27(36)38/h4-6,10-13,17H,1-3,7-9,14-16H2,(H2,29,33)(H2,31,32,39). The lowest BCUT2D eigenvalue weighted by molar-refractivity contribution is -0.103. The Bertz CT molecular complexity index is 1580. The van der Waals surface area contributed by atoms with E-state index in [1.807, 2.05) is 10.6 Å². The van der Waals surface area contributed by atoms with Crippen LogP contribution in [0.1, 0.15) is 65.1 Å². The molecule has 2 aliphatic rings. The van der Waals surface area contributed by atoms with E-state index in [1.54, 1.807) is 36.5 Å². The molecular formula is C28H30N8O4. The van der Waals surface area contributed by atoms with E-state index in [9.17, 15) is 14.4 Å². The lowest BCUT2D eigenvalue weighted by atomic mass is 9.96. The molecule has 0 atom stereocenters. The first-order chi connectivity index (χ1) is 19.5. The highest BCUT2D eigenvalue weighted by Crippen LogP contribution is 2.29. The largest absolute Gasteiger partial charge is 0.382 e. The number of fused-ring (bicyclic) bond motifs is 4. The SMILES string of the molecule is Nc1nc2cccnc2c2c1nc(CON1C(=O)c3ccccc3C1=O)n2CCCNC(=O)NC1CCCCC1. The van der Waals surface area contributed by atoms with Gasteiger partial charge in [-0.25, -0.2) is 14.8 Å². The second kappa shape index (κ2) is 10.9. The number of rotatable bonds is 8. The molecule has 1 aromatic carbocycles. The van der Waals surface area contributed by atoms with Crippen molar-refractivity contribution >= 4 is 45.7 Å². The average molecular weight is 543 g/mol. The fourth-order valence-corrected chi connectivity index (χ4v) is 5.45. The fraction of sp³-hybridized carbons (Fsp3) is 0.357. The summed E-state index contributed by atoms with van der Waals surface area (Å²) in [7, 11) is 0. The Balaban J connectivity index is 1.22. The highest BCUT2D eigenvalue weighted by atomic mass is 16.7. The maximum atomic E-state index is 12.8. The minimum Gasteiger partial charge on any atom is -0.382 e. The molecule has 6 rings (SSSR count). The second-order valence-corrected chi connectivity index (χ2v) is 10.1. The highest BCUT2D eigenvalue weighted by Gasteiger charge is 2.37. The fourth-order valence-electron chi connectivity index (χ4n) is 5.45. The number of benzene rings is 1. The Morgan fingerprint density at radius 2 is 1.75 bits per heavy atom. The van der Waals surface area contributed by atoms with Crippen molar-refractivity contribution in [1.82, 2.24) is 35.2 Å². The zero-order chi connectivity index (χ0) is 27.6. The minimum atomic E-state index is -0.523. The summed E-state index contributed by atoms with van der Waals surface area (Å²) in [6, 6.07) is 10.2. The van der Waals surface area contributed by atoms with Crippen molar-refractivity contribution in [2.75, 3.05) is 12.3 Å². The molecule has 0 unspecified atom stereocenters. The Kier molecular flexibility index (Phi) is 6.99. The molecule has 3 aromatic heterocycles. The van der Waals surface area contributed by atoms with Gasteiger partial charge in [-0.2, -0.15) is 0 Å². The predicted molar refractivity (Wildman–Crippen MR) is 147 cm³/mol. The van der Waals surface area contributed by atoms with Crippen LogP contribution >= 0.6 is 0 Å². The van der Waals surface area contributed by atoms with Crippen molar-refractivity contribution < 1.29 is 19.2 Å². The van der Waals surface area contributed by atoms with Crippen LogP contribution in [0.25, 0.3) is 22.1 Å². The number of hydrogen-bond acceptors (Lipinski definition) is 8. The Morgan fingerprint density at radius 1 is 1.00 bits per heavy atom. The maximum absolute atomic E-state index is 12.8. The molecule has 4 N–H and O–H groups in total. The summed E-state index contributed by atoms with van der Waals surface area (Å²) in [6.45, 7) is 0.725. The number of imidazole rings is 1. The second-order valence-electron chi connectivity index (χ2n) is 10.1. The van der Waals surface area contributed by atoms with Crippen LogP contribution in [0, 0.1) is 0 Å². The van der Waals surface area contributed by atoms with Gasteiger partial charge < -0.3 is 20.9 Å². The topological polar surface area (TPSA) is 157 Å². The molecule has 1 saturated carbocycles. The number of imide groups is 1. The van der Waals surface area contributed by atoms with Gasteiger partial charge in [0.25, 0.3) is 11.8 Å². The van der Waals surface area contributed by atoms with Gasteiger partial charge in [-0.15, -0.1) is 5.06 Å².